The molecule has 0 fully saturated rings. The Hall–Kier alpha value is -2.53. The van der Waals surface area contributed by atoms with Crippen LogP contribution in [0, 0.1) is 0 Å². The molecule has 0 bridgehead atoms. The van der Waals surface area contributed by atoms with Crippen LogP contribution in [0.15, 0.2) is 46.7 Å². The fourth-order valence-electron chi connectivity index (χ4n) is 2.69. The summed E-state index contributed by atoms with van der Waals surface area (Å²) in [5.74, 6) is 0.414. The van der Waals surface area contributed by atoms with Crippen molar-refractivity contribution in [3.8, 4) is 11.5 Å². The van der Waals surface area contributed by atoms with Crippen molar-refractivity contribution >= 4 is 55.5 Å². The van der Waals surface area contributed by atoms with Gasteiger partial charge in [0.05, 0.1) is 40.6 Å². The van der Waals surface area contributed by atoms with Crippen LogP contribution in [0.2, 0.25) is 10.0 Å². The molecule has 3 rings (SSSR count). The number of halogens is 2. The first-order valence-corrected chi connectivity index (χ1v) is 12.4. The van der Waals surface area contributed by atoms with Crippen LogP contribution in [-0.4, -0.2) is 33.7 Å². The highest BCUT2D eigenvalue weighted by atomic mass is 35.5. The molecule has 0 aliphatic rings. The van der Waals surface area contributed by atoms with Gasteiger partial charge in [-0.05, 0) is 29.8 Å². The standard InChI is InChI=1S/C20H19Cl2N3O5S2/c1-29-17-6-4-14(8-18(17)30-2)32(27,28)11-13-10-31-20(24-13)25-19(26)23-9-12-3-5-15(21)16(22)7-12/h3-8,10H,9,11H2,1-2H3,(H2,23,24,25,26). The molecule has 0 atom stereocenters. The predicted molar refractivity (Wildman–Crippen MR) is 125 cm³/mol. The molecule has 0 saturated heterocycles. The van der Waals surface area contributed by atoms with Crippen LogP contribution >= 0.6 is 34.5 Å². The molecule has 1 aromatic heterocycles. The van der Waals surface area contributed by atoms with E-state index in [0.717, 1.165) is 16.9 Å². The molecule has 0 aliphatic heterocycles. The number of ether oxygens (including phenoxy) is 2. The summed E-state index contributed by atoms with van der Waals surface area (Å²) in [5, 5.41) is 7.93. The Balaban J connectivity index is 1.61. The number of carbonyl (C=O) groups excluding carboxylic acids is 1. The first-order valence-electron chi connectivity index (χ1n) is 9.10. The van der Waals surface area contributed by atoms with Crippen LogP contribution in [0.25, 0.3) is 0 Å². The lowest BCUT2D eigenvalue weighted by molar-refractivity contribution is 0.251. The summed E-state index contributed by atoms with van der Waals surface area (Å²) in [7, 11) is -0.784. The molecular formula is C20H19Cl2N3O5S2. The number of aromatic nitrogens is 1. The number of methoxy groups -OCH3 is 2. The topological polar surface area (TPSA) is 107 Å². The summed E-state index contributed by atoms with van der Waals surface area (Å²) in [5.41, 5.74) is 1.08. The average molecular weight is 516 g/mol. The van der Waals surface area contributed by atoms with Crippen LogP contribution in [0.4, 0.5) is 9.93 Å². The van der Waals surface area contributed by atoms with Crippen molar-refractivity contribution in [1.29, 1.82) is 0 Å². The van der Waals surface area contributed by atoms with Gasteiger partial charge in [0.2, 0.25) is 0 Å². The van der Waals surface area contributed by atoms with Gasteiger partial charge in [0.15, 0.2) is 26.5 Å². The zero-order valence-corrected chi connectivity index (χ0v) is 20.2. The van der Waals surface area contributed by atoms with E-state index in [4.69, 9.17) is 32.7 Å². The smallest absolute Gasteiger partial charge is 0.321 e. The number of thiazole rings is 1. The Kier molecular flexibility index (Phi) is 7.83. The second kappa shape index (κ2) is 10.4. The lowest BCUT2D eigenvalue weighted by Gasteiger charge is -2.09. The van der Waals surface area contributed by atoms with Gasteiger partial charge in [-0.3, -0.25) is 5.32 Å². The van der Waals surface area contributed by atoms with E-state index in [-0.39, 0.29) is 22.3 Å². The zero-order valence-electron chi connectivity index (χ0n) is 17.0. The van der Waals surface area contributed by atoms with Gasteiger partial charge in [0.1, 0.15) is 0 Å². The number of urea groups is 1. The highest BCUT2D eigenvalue weighted by Crippen LogP contribution is 2.31. The number of nitrogens with zero attached hydrogens (tertiary/aromatic N) is 1. The highest BCUT2D eigenvalue weighted by molar-refractivity contribution is 7.90. The van der Waals surface area contributed by atoms with Gasteiger partial charge in [-0.1, -0.05) is 29.3 Å². The summed E-state index contributed by atoms with van der Waals surface area (Å²) in [4.78, 5) is 16.4. The van der Waals surface area contributed by atoms with Crippen LogP contribution in [0.3, 0.4) is 0 Å². The van der Waals surface area contributed by atoms with Gasteiger partial charge in [-0.2, -0.15) is 0 Å². The minimum atomic E-state index is -3.68. The van der Waals surface area contributed by atoms with Gasteiger partial charge in [0, 0.05) is 18.0 Å². The van der Waals surface area contributed by atoms with Gasteiger partial charge in [0.25, 0.3) is 0 Å². The van der Waals surface area contributed by atoms with E-state index in [1.807, 2.05) is 0 Å². The van der Waals surface area contributed by atoms with Crippen molar-refractivity contribution in [2.45, 2.75) is 17.2 Å². The van der Waals surface area contributed by atoms with Gasteiger partial charge >= 0.3 is 6.03 Å². The molecule has 170 valence electrons. The maximum absolute atomic E-state index is 12.8. The molecular weight excluding hydrogens is 497 g/mol. The van der Waals surface area contributed by atoms with E-state index >= 15 is 0 Å². The first kappa shape index (κ1) is 24.1. The minimum Gasteiger partial charge on any atom is -0.493 e. The third kappa shape index (κ3) is 6.04. The van der Waals surface area contributed by atoms with E-state index in [9.17, 15) is 13.2 Å². The summed E-state index contributed by atoms with van der Waals surface area (Å²) < 4.78 is 35.8. The third-order valence-corrected chi connectivity index (χ3v) is 7.45. The Labute approximate surface area is 199 Å². The SMILES string of the molecule is COc1ccc(S(=O)(=O)Cc2csc(NC(=O)NCc3ccc(Cl)c(Cl)c3)n2)cc1OC. The largest absolute Gasteiger partial charge is 0.493 e. The molecule has 8 nitrogen and oxygen atoms in total. The van der Waals surface area contributed by atoms with Crippen molar-refractivity contribution in [2.75, 3.05) is 19.5 Å². The number of nitrogens with one attached hydrogen (secondary N) is 2. The molecule has 0 spiro atoms. The van der Waals surface area contributed by atoms with Crippen molar-refractivity contribution in [1.82, 2.24) is 10.3 Å². The van der Waals surface area contributed by atoms with Crippen LogP contribution < -0.4 is 20.1 Å². The molecule has 0 saturated carbocycles. The monoisotopic (exact) mass is 515 g/mol. The Morgan fingerprint density at radius 2 is 1.81 bits per heavy atom. The van der Waals surface area contributed by atoms with E-state index in [2.05, 4.69) is 15.6 Å². The molecule has 0 radical (unpaired) electrons. The Morgan fingerprint density at radius 1 is 1.06 bits per heavy atom. The van der Waals surface area contributed by atoms with Crippen molar-refractivity contribution in [3.63, 3.8) is 0 Å². The number of anilines is 1. The maximum Gasteiger partial charge on any atom is 0.321 e. The molecule has 1 heterocycles. The molecule has 2 aromatic carbocycles. The van der Waals surface area contributed by atoms with Crippen molar-refractivity contribution in [2.24, 2.45) is 0 Å². The average Bonchev–Trinajstić information content (AvgIpc) is 3.19. The van der Waals surface area contributed by atoms with E-state index < -0.39 is 15.9 Å². The lowest BCUT2D eigenvalue weighted by atomic mass is 10.2. The number of carbonyl (C=O) groups is 1. The zero-order chi connectivity index (χ0) is 23.3. The third-order valence-electron chi connectivity index (χ3n) is 4.26. The minimum absolute atomic E-state index is 0.0806. The Morgan fingerprint density at radius 3 is 2.50 bits per heavy atom. The molecule has 12 heteroatoms. The number of sulfone groups is 1. The second-order valence-corrected chi connectivity index (χ2v) is 10.1. The summed E-state index contributed by atoms with van der Waals surface area (Å²) in [6.45, 7) is 0.231. The van der Waals surface area contributed by atoms with Gasteiger partial charge < -0.3 is 14.8 Å². The molecule has 3 aromatic rings. The fraction of sp³-hybridized carbons (Fsp3) is 0.200. The highest BCUT2D eigenvalue weighted by Gasteiger charge is 2.20. The van der Waals surface area contributed by atoms with Gasteiger partial charge in [-0.25, -0.2) is 18.2 Å². The van der Waals surface area contributed by atoms with Gasteiger partial charge in [-0.15, -0.1) is 11.3 Å². The molecule has 2 N–H and O–H groups in total. The molecule has 32 heavy (non-hydrogen) atoms. The van der Waals surface area contributed by atoms with E-state index in [1.165, 1.54) is 32.4 Å². The molecule has 2 amide bonds. The number of hydrogen-bond acceptors (Lipinski definition) is 7. The summed E-state index contributed by atoms with van der Waals surface area (Å²) in [6, 6.07) is 8.93. The number of rotatable bonds is 8. The van der Waals surface area contributed by atoms with Crippen LogP contribution in [-0.2, 0) is 22.1 Å². The molecule has 0 unspecified atom stereocenters. The number of hydrogen-bond donors (Lipinski definition) is 2. The van der Waals surface area contributed by atoms with E-state index in [0.29, 0.717) is 27.2 Å². The quantitative estimate of drug-likeness (QED) is 0.447. The normalized spacial score (nSPS) is 11.1. The van der Waals surface area contributed by atoms with E-state index in [1.54, 1.807) is 23.6 Å². The van der Waals surface area contributed by atoms with Crippen molar-refractivity contribution in [3.05, 3.63) is 63.1 Å². The predicted octanol–water partition coefficient (Wildman–Crippen LogP) is 4.76. The molecule has 0 aliphatic carbocycles. The van der Waals surface area contributed by atoms with Crippen LogP contribution in [0.5, 0.6) is 11.5 Å². The second-order valence-electron chi connectivity index (χ2n) is 6.48. The number of benzene rings is 2. The Bertz CT molecular complexity index is 1230. The maximum atomic E-state index is 12.8. The fourth-order valence-corrected chi connectivity index (χ4v) is 5.09. The van der Waals surface area contributed by atoms with Crippen LogP contribution in [0.1, 0.15) is 11.3 Å². The first-order chi connectivity index (χ1) is 15.2. The number of amides is 2. The summed E-state index contributed by atoms with van der Waals surface area (Å²) in [6.07, 6.45) is 0. The summed E-state index contributed by atoms with van der Waals surface area (Å²) >= 11 is 13.0. The van der Waals surface area contributed by atoms with Crippen molar-refractivity contribution < 1.29 is 22.7 Å². The lowest BCUT2D eigenvalue weighted by Crippen LogP contribution is -2.28.